The van der Waals surface area contributed by atoms with Gasteiger partial charge in [0.1, 0.15) is 0 Å². The standard InChI is InChI=1S/3BrH.Nb.O/h3*1H;;. The molecule has 0 aromatic rings. The van der Waals surface area contributed by atoms with E-state index in [0.717, 1.165) is 0 Å². The summed E-state index contributed by atoms with van der Waals surface area (Å²) in [4.78, 5) is 0. The minimum atomic E-state index is 0. The molecule has 0 aromatic heterocycles. The van der Waals surface area contributed by atoms with E-state index in [1.54, 1.807) is 0 Å². The second kappa shape index (κ2) is 37.8. The van der Waals surface area contributed by atoms with Crippen molar-refractivity contribution in [3.8, 4) is 0 Å². The maximum atomic E-state index is 8.30. The SMILES string of the molecule is Br.Br.Br.[O]=[Nb]. The third-order valence-electron chi connectivity index (χ3n) is 0. The Labute approximate surface area is 74.5 Å². The van der Waals surface area contributed by atoms with E-state index in [-0.39, 0.29) is 50.9 Å². The van der Waals surface area contributed by atoms with E-state index in [0.29, 0.717) is 21.0 Å². The van der Waals surface area contributed by atoms with E-state index in [1.807, 2.05) is 0 Å². The maximum absolute atomic E-state index is 8.30. The molecule has 0 fully saturated rings. The zero-order valence-electron chi connectivity index (χ0n) is 2.08. The zero-order valence-corrected chi connectivity index (χ0v) is 9.42. The van der Waals surface area contributed by atoms with Gasteiger partial charge in [0.2, 0.25) is 0 Å². The van der Waals surface area contributed by atoms with E-state index < -0.39 is 0 Å². The van der Waals surface area contributed by atoms with Crippen molar-refractivity contribution < 1.29 is 24.3 Å². The first-order valence-corrected chi connectivity index (χ1v) is 1.08. The minimum absolute atomic E-state index is 0. The third kappa shape index (κ3) is 24.2. The molecule has 0 unspecified atom stereocenters. The quantitative estimate of drug-likeness (QED) is 0.606. The fraction of sp³-hybridized carbons (Fsp3) is 0. The molecule has 0 saturated carbocycles. The molecule has 0 heterocycles. The van der Waals surface area contributed by atoms with E-state index >= 15 is 0 Å². The molecule has 5 heteroatoms. The van der Waals surface area contributed by atoms with Gasteiger partial charge in [0.15, 0.2) is 0 Å². The zero-order chi connectivity index (χ0) is 2.00. The van der Waals surface area contributed by atoms with Crippen LogP contribution in [0.3, 0.4) is 0 Å². The van der Waals surface area contributed by atoms with Crippen molar-refractivity contribution >= 4 is 50.9 Å². The van der Waals surface area contributed by atoms with Crippen LogP contribution in [0.4, 0.5) is 0 Å². The van der Waals surface area contributed by atoms with Crippen LogP contribution >= 0.6 is 50.9 Å². The topological polar surface area (TPSA) is 17.1 Å². The first-order chi connectivity index (χ1) is 1.00. The Hall–Kier alpha value is 1.98. The van der Waals surface area contributed by atoms with Crippen molar-refractivity contribution in [2.24, 2.45) is 0 Å². The molecule has 0 bridgehead atoms. The molecule has 0 radical (unpaired) electrons. The fourth-order valence-corrected chi connectivity index (χ4v) is 0. The third-order valence-corrected chi connectivity index (χ3v) is 0. The summed E-state index contributed by atoms with van der Waals surface area (Å²) >= 11 is 0.500. The number of rotatable bonds is 0. The van der Waals surface area contributed by atoms with Gasteiger partial charge in [-0.05, 0) is 0 Å². The average Bonchev–Trinajstić information content (AvgIpc) is 1.00. The van der Waals surface area contributed by atoms with Crippen LogP contribution in [0.25, 0.3) is 0 Å². The van der Waals surface area contributed by atoms with Gasteiger partial charge in [-0.15, -0.1) is 50.9 Å². The van der Waals surface area contributed by atoms with Gasteiger partial charge in [0.05, 0.1) is 0 Å². The Kier molecular flexibility index (Phi) is 213. The second-order valence-corrected chi connectivity index (χ2v) is 0. The van der Waals surface area contributed by atoms with Crippen LogP contribution in [0.15, 0.2) is 0 Å². The van der Waals surface area contributed by atoms with Crippen LogP contribution in [-0.2, 0) is 24.3 Å². The van der Waals surface area contributed by atoms with Crippen LogP contribution in [-0.4, -0.2) is 0 Å². The molecule has 0 aliphatic heterocycles. The molecule has 0 rings (SSSR count). The monoisotopic (exact) mass is 349 g/mol. The predicted molar refractivity (Wildman–Crippen MR) is 31.7 cm³/mol. The second-order valence-electron chi connectivity index (χ2n) is 0. The number of hydrogen-bond donors (Lipinski definition) is 0. The molecule has 0 N–H and O–H groups in total. The molecule has 0 amide bonds. The Morgan fingerprint density at radius 3 is 0.800 bits per heavy atom. The van der Waals surface area contributed by atoms with Crippen molar-refractivity contribution in [2.45, 2.75) is 0 Å². The molecular weight excluding hydrogens is 349 g/mol. The van der Waals surface area contributed by atoms with Crippen molar-refractivity contribution in [1.29, 1.82) is 0 Å². The number of halogens is 3. The van der Waals surface area contributed by atoms with Gasteiger partial charge in [-0.1, -0.05) is 0 Å². The summed E-state index contributed by atoms with van der Waals surface area (Å²) in [6, 6.07) is 0. The van der Waals surface area contributed by atoms with Crippen LogP contribution in [0.1, 0.15) is 0 Å². The summed E-state index contributed by atoms with van der Waals surface area (Å²) in [7, 11) is 0. The normalized spacial score (nSPS) is 0.600. The van der Waals surface area contributed by atoms with Gasteiger partial charge in [0.25, 0.3) is 0 Å². The van der Waals surface area contributed by atoms with Crippen LogP contribution < -0.4 is 0 Å². The van der Waals surface area contributed by atoms with Crippen molar-refractivity contribution in [2.75, 3.05) is 0 Å². The van der Waals surface area contributed by atoms with Crippen molar-refractivity contribution in [1.82, 2.24) is 0 Å². The van der Waals surface area contributed by atoms with Gasteiger partial charge in [-0.2, -0.15) is 0 Å². The molecular formula is H3Br3NbO. The summed E-state index contributed by atoms with van der Waals surface area (Å²) < 4.78 is 8.30. The van der Waals surface area contributed by atoms with Gasteiger partial charge >= 0.3 is 24.3 Å². The summed E-state index contributed by atoms with van der Waals surface area (Å²) in [6.45, 7) is 0. The Morgan fingerprint density at radius 1 is 0.800 bits per heavy atom. The van der Waals surface area contributed by atoms with E-state index in [2.05, 4.69) is 0 Å². The average molecular weight is 352 g/mol. The number of hydrogen-bond acceptors (Lipinski definition) is 1. The van der Waals surface area contributed by atoms with Crippen molar-refractivity contribution in [3.05, 3.63) is 0 Å². The Bertz CT molecular complexity index is 6.85. The summed E-state index contributed by atoms with van der Waals surface area (Å²) in [6.07, 6.45) is 0. The fourth-order valence-electron chi connectivity index (χ4n) is 0. The van der Waals surface area contributed by atoms with E-state index in [1.165, 1.54) is 0 Å². The molecule has 0 aliphatic rings. The van der Waals surface area contributed by atoms with Gasteiger partial charge < -0.3 is 0 Å². The molecule has 0 atom stereocenters. The van der Waals surface area contributed by atoms with Gasteiger partial charge in [0, 0.05) is 0 Å². The van der Waals surface area contributed by atoms with Gasteiger partial charge in [-0.25, -0.2) is 0 Å². The first-order valence-electron chi connectivity index (χ1n) is 0.183. The predicted octanol–water partition coefficient (Wildman–Crippen LogP) is 1.61. The molecule has 5 heavy (non-hydrogen) atoms. The summed E-state index contributed by atoms with van der Waals surface area (Å²) in [5.41, 5.74) is 0. The van der Waals surface area contributed by atoms with Crippen LogP contribution in [0.5, 0.6) is 0 Å². The van der Waals surface area contributed by atoms with Crippen LogP contribution in [0, 0.1) is 0 Å². The van der Waals surface area contributed by atoms with Crippen molar-refractivity contribution in [3.63, 3.8) is 0 Å². The Morgan fingerprint density at radius 2 is 0.800 bits per heavy atom. The molecule has 0 saturated heterocycles. The Balaban J connectivity index is -0.00000000167. The molecule has 0 aromatic carbocycles. The molecule has 35 valence electrons. The summed E-state index contributed by atoms with van der Waals surface area (Å²) in [5.74, 6) is 0. The first kappa shape index (κ1) is 28.1. The molecule has 0 aliphatic carbocycles. The molecule has 1 nitrogen and oxygen atoms in total. The molecule has 0 spiro atoms. The van der Waals surface area contributed by atoms with Crippen LogP contribution in [0.2, 0.25) is 0 Å². The summed E-state index contributed by atoms with van der Waals surface area (Å²) in [5, 5.41) is 0. The van der Waals surface area contributed by atoms with E-state index in [4.69, 9.17) is 3.25 Å². The van der Waals surface area contributed by atoms with E-state index in [9.17, 15) is 0 Å². The van der Waals surface area contributed by atoms with Gasteiger partial charge in [-0.3, -0.25) is 0 Å².